The van der Waals surface area contributed by atoms with Crippen molar-refractivity contribution >= 4 is 29.1 Å². The number of amides is 1. The predicted molar refractivity (Wildman–Crippen MR) is 99.2 cm³/mol. The molecule has 3 rings (SSSR count). The third kappa shape index (κ3) is 4.77. The summed E-state index contributed by atoms with van der Waals surface area (Å²) < 4.78 is 13.6. The van der Waals surface area contributed by atoms with Crippen molar-refractivity contribution in [3.05, 3.63) is 82.9 Å². The maximum atomic E-state index is 13.6. The molecule has 0 bridgehead atoms. The van der Waals surface area contributed by atoms with E-state index in [9.17, 15) is 9.18 Å². The molecule has 1 aromatic heterocycles. The van der Waals surface area contributed by atoms with Gasteiger partial charge in [0, 0.05) is 23.5 Å². The largest absolute Gasteiger partial charge is 0.350 e. The van der Waals surface area contributed by atoms with Crippen LogP contribution >= 0.6 is 11.6 Å². The fourth-order valence-electron chi connectivity index (χ4n) is 2.31. The molecule has 7 heteroatoms. The zero-order valence-electron chi connectivity index (χ0n) is 13.7. The van der Waals surface area contributed by atoms with E-state index in [4.69, 9.17) is 11.6 Å². The van der Waals surface area contributed by atoms with Gasteiger partial charge in [0.2, 0.25) is 5.95 Å². The maximum Gasteiger partial charge on any atom is 0.270 e. The van der Waals surface area contributed by atoms with Crippen molar-refractivity contribution in [3.63, 3.8) is 0 Å². The van der Waals surface area contributed by atoms with Crippen LogP contribution in [0.15, 0.2) is 60.8 Å². The lowest BCUT2D eigenvalue weighted by Gasteiger charge is -2.08. The average molecular weight is 371 g/mol. The topological polar surface area (TPSA) is 66.9 Å². The standard InChI is InChI=1S/C19H16ClFN4O/c20-14-5-7-15(8-6-14)24-19-23-12-10-17(25-19)18(26)22-11-9-13-3-1-2-4-16(13)21/h1-8,10,12H,9,11H2,(H,22,26)(H,23,24,25). The average Bonchev–Trinajstić information content (AvgIpc) is 2.65. The summed E-state index contributed by atoms with van der Waals surface area (Å²) in [4.78, 5) is 20.5. The molecule has 0 fully saturated rings. The molecular weight excluding hydrogens is 355 g/mol. The Labute approximate surface area is 155 Å². The maximum absolute atomic E-state index is 13.6. The molecule has 0 aliphatic heterocycles. The lowest BCUT2D eigenvalue weighted by Crippen LogP contribution is -2.27. The highest BCUT2D eigenvalue weighted by molar-refractivity contribution is 6.30. The predicted octanol–water partition coefficient (Wildman–Crippen LogP) is 3.99. The minimum atomic E-state index is -0.345. The molecule has 0 unspecified atom stereocenters. The number of nitrogens with zero attached hydrogens (tertiary/aromatic N) is 2. The molecule has 1 amide bonds. The van der Waals surface area contributed by atoms with E-state index < -0.39 is 0 Å². The molecule has 2 aromatic carbocycles. The summed E-state index contributed by atoms with van der Waals surface area (Å²) in [6, 6.07) is 15.1. The first-order valence-electron chi connectivity index (χ1n) is 7.99. The smallest absolute Gasteiger partial charge is 0.270 e. The van der Waals surface area contributed by atoms with Gasteiger partial charge in [-0.05, 0) is 48.4 Å². The Balaban J connectivity index is 1.59. The Bertz CT molecular complexity index is 902. The second-order valence-electron chi connectivity index (χ2n) is 5.49. The van der Waals surface area contributed by atoms with Crippen LogP contribution in [-0.2, 0) is 6.42 Å². The van der Waals surface area contributed by atoms with Gasteiger partial charge in [-0.2, -0.15) is 0 Å². The minimum absolute atomic E-state index is 0.227. The van der Waals surface area contributed by atoms with Crippen LogP contribution in [0.3, 0.4) is 0 Å². The van der Waals surface area contributed by atoms with Crippen molar-refractivity contribution in [1.29, 1.82) is 0 Å². The lowest BCUT2D eigenvalue weighted by atomic mass is 10.1. The van der Waals surface area contributed by atoms with Crippen molar-refractivity contribution in [2.45, 2.75) is 6.42 Å². The molecule has 0 atom stereocenters. The summed E-state index contributed by atoms with van der Waals surface area (Å²) in [6.07, 6.45) is 1.90. The summed E-state index contributed by atoms with van der Waals surface area (Å²) in [6.45, 7) is 0.309. The number of anilines is 2. The van der Waals surface area contributed by atoms with Crippen molar-refractivity contribution in [1.82, 2.24) is 15.3 Å². The fourth-order valence-corrected chi connectivity index (χ4v) is 2.44. The quantitative estimate of drug-likeness (QED) is 0.688. The Morgan fingerprint density at radius 2 is 1.85 bits per heavy atom. The number of aromatic nitrogens is 2. The molecule has 132 valence electrons. The van der Waals surface area contributed by atoms with Gasteiger partial charge in [0.05, 0.1) is 0 Å². The zero-order chi connectivity index (χ0) is 18.4. The van der Waals surface area contributed by atoms with Gasteiger partial charge in [-0.15, -0.1) is 0 Å². The third-order valence-corrected chi connectivity index (χ3v) is 3.88. The first-order valence-corrected chi connectivity index (χ1v) is 8.37. The molecule has 2 N–H and O–H groups in total. The van der Waals surface area contributed by atoms with Crippen LogP contribution in [-0.4, -0.2) is 22.4 Å². The normalized spacial score (nSPS) is 10.4. The molecule has 0 saturated carbocycles. The third-order valence-electron chi connectivity index (χ3n) is 3.63. The monoisotopic (exact) mass is 370 g/mol. The van der Waals surface area contributed by atoms with Crippen LogP contribution in [0.1, 0.15) is 16.1 Å². The van der Waals surface area contributed by atoms with E-state index >= 15 is 0 Å². The van der Waals surface area contributed by atoms with E-state index in [2.05, 4.69) is 20.6 Å². The number of benzene rings is 2. The molecule has 0 saturated heterocycles. The summed E-state index contributed by atoms with van der Waals surface area (Å²) in [5.41, 5.74) is 1.54. The van der Waals surface area contributed by atoms with Gasteiger partial charge < -0.3 is 10.6 Å². The SMILES string of the molecule is O=C(NCCc1ccccc1F)c1ccnc(Nc2ccc(Cl)cc2)n1. The molecule has 0 radical (unpaired) electrons. The van der Waals surface area contributed by atoms with Crippen LogP contribution in [0.25, 0.3) is 0 Å². The van der Waals surface area contributed by atoms with Crippen molar-refractivity contribution in [2.75, 3.05) is 11.9 Å². The van der Waals surface area contributed by atoms with Crippen LogP contribution in [0.5, 0.6) is 0 Å². The number of nitrogens with one attached hydrogen (secondary N) is 2. The van der Waals surface area contributed by atoms with Crippen molar-refractivity contribution in [3.8, 4) is 0 Å². The van der Waals surface area contributed by atoms with E-state index in [-0.39, 0.29) is 17.4 Å². The highest BCUT2D eigenvalue weighted by atomic mass is 35.5. The van der Waals surface area contributed by atoms with E-state index in [0.717, 1.165) is 5.69 Å². The second kappa shape index (κ2) is 8.40. The Kier molecular flexibility index (Phi) is 5.76. The number of carbonyl (C=O) groups excluding carboxylic acids is 1. The van der Waals surface area contributed by atoms with E-state index in [1.54, 1.807) is 42.5 Å². The van der Waals surface area contributed by atoms with Crippen LogP contribution in [0.4, 0.5) is 16.0 Å². The van der Waals surface area contributed by atoms with Crippen molar-refractivity contribution < 1.29 is 9.18 Å². The van der Waals surface area contributed by atoms with Crippen LogP contribution < -0.4 is 10.6 Å². The van der Waals surface area contributed by atoms with Crippen LogP contribution in [0.2, 0.25) is 5.02 Å². The van der Waals surface area contributed by atoms with Gasteiger partial charge in [-0.1, -0.05) is 29.8 Å². The van der Waals surface area contributed by atoms with Gasteiger partial charge in [-0.25, -0.2) is 14.4 Å². The molecule has 1 heterocycles. The number of rotatable bonds is 6. The van der Waals surface area contributed by atoms with Crippen LogP contribution in [0, 0.1) is 5.82 Å². The van der Waals surface area contributed by atoms with Gasteiger partial charge >= 0.3 is 0 Å². The summed E-state index contributed by atoms with van der Waals surface area (Å²) in [5, 5.41) is 6.36. The Morgan fingerprint density at radius 3 is 2.62 bits per heavy atom. The molecule has 5 nitrogen and oxygen atoms in total. The fraction of sp³-hybridized carbons (Fsp3) is 0.105. The highest BCUT2D eigenvalue weighted by Crippen LogP contribution is 2.16. The summed E-state index contributed by atoms with van der Waals surface area (Å²) >= 11 is 5.85. The first kappa shape index (κ1) is 17.8. The molecule has 3 aromatic rings. The van der Waals surface area contributed by atoms with Gasteiger partial charge in [0.15, 0.2) is 0 Å². The molecular formula is C19H16ClFN4O. The number of halogens is 2. The lowest BCUT2D eigenvalue weighted by molar-refractivity contribution is 0.0949. The molecule has 0 aliphatic rings. The van der Waals surface area contributed by atoms with Gasteiger partial charge in [0.1, 0.15) is 11.5 Å². The van der Waals surface area contributed by atoms with E-state index in [1.165, 1.54) is 18.3 Å². The summed E-state index contributed by atoms with van der Waals surface area (Å²) in [5.74, 6) is -0.324. The highest BCUT2D eigenvalue weighted by Gasteiger charge is 2.09. The first-order chi connectivity index (χ1) is 12.6. The van der Waals surface area contributed by atoms with E-state index in [0.29, 0.717) is 29.5 Å². The van der Waals surface area contributed by atoms with Crippen molar-refractivity contribution in [2.24, 2.45) is 0 Å². The zero-order valence-corrected chi connectivity index (χ0v) is 14.5. The van der Waals surface area contributed by atoms with Gasteiger partial charge in [0.25, 0.3) is 5.91 Å². The Morgan fingerprint density at radius 1 is 1.08 bits per heavy atom. The minimum Gasteiger partial charge on any atom is -0.350 e. The van der Waals surface area contributed by atoms with Gasteiger partial charge in [-0.3, -0.25) is 4.79 Å². The second-order valence-corrected chi connectivity index (χ2v) is 5.93. The van der Waals surface area contributed by atoms with E-state index in [1.807, 2.05) is 0 Å². The molecule has 0 aliphatic carbocycles. The summed E-state index contributed by atoms with van der Waals surface area (Å²) in [7, 11) is 0. The number of hydrogen-bond acceptors (Lipinski definition) is 4. The number of carbonyl (C=O) groups is 1. The number of hydrogen-bond donors (Lipinski definition) is 2. The molecule has 0 spiro atoms. The Hall–Kier alpha value is -2.99. The molecule has 26 heavy (non-hydrogen) atoms.